The SMILES string of the molecule is CC(C)=CCCC1(C)[C@@H]2COC[C@@H]21. The van der Waals surface area contributed by atoms with E-state index in [1.807, 2.05) is 0 Å². The summed E-state index contributed by atoms with van der Waals surface area (Å²) in [5.41, 5.74) is 2.08. The lowest BCUT2D eigenvalue weighted by Crippen LogP contribution is -2.08. The van der Waals surface area contributed by atoms with Crippen molar-refractivity contribution < 1.29 is 4.74 Å². The maximum atomic E-state index is 5.41. The normalized spacial score (nSPS) is 41.5. The third-order valence-corrected chi connectivity index (χ3v) is 3.90. The van der Waals surface area contributed by atoms with Crippen LogP contribution in [0, 0.1) is 17.3 Å². The van der Waals surface area contributed by atoms with Crippen molar-refractivity contribution in [2.24, 2.45) is 17.3 Å². The van der Waals surface area contributed by atoms with Crippen LogP contribution in [0.5, 0.6) is 0 Å². The van der Waals surface area contributed by atoms with E-state index >= 15 is 0 Å². The topological polar surface area (TPSA) is 9.23 Å². The fourth-order valence-electron chi connectivity index (χ4n) is 2.74. The summed E-state index contributed by atoms with van der Waals surface area (Å²) in [5.74, 6) is 1.77. The van der Waals surface area contributed by atoms with Gasteiger partial charge in [0.25, 0.3) is 0 Å². The lowest BCUT2D eigenvalue weighted by molar-refractivity contribution is 0.126. The lowest BCUT2D eigenvalue weighted by atomic mass is 9.97. The van der Waals surface area contributed by atoms with E-state index in [0.717, 1.165) is 25.0 Å². The molecule has 0 amide bonds. The molecule has 0 aromatic heterocycles. The van der Waals surface area contributed by atoms with Gasteiger partial charge in [-0.2, -0.15) is 0 Å². The van der Waals surface area contributed by atoms with Crippen LogP contribution >= 0.6 is 0 Å². The highest BCUT2D eigenvalue weighted by Gasteiger charge is 2.62. The molecule has 0 radical (unpaired) electrons. The van der Waals surface area contributed by atoms with Gasteiger partial charge in [0.1, 0.15) is 0 Å². The van der Waals surface area contributed by atoms with Crippen molar-refractivity contribution in [3.63, 3.8) is 0 Å². The van der Waals surface area contributed by atoms with Gasteiger partial charge >= 0.3 is 0 Å². The third kappa shape index (κ3) is 1.54. The Labute approximate surface area is 81.2 Å². The summed E-state index contributed by atoms with van der Waals surface area (Å²) < 4.78 is 5.41. The Morgan fingerprint density at radius 3 is 2.54 bits per heavy atom. The van der Waals surface area contributed by atoms with Gasteiger partial charge in [-0.15, -0.1) is 0 Å². The maximum Gasteiger partial charge on any atom is 0.0503 e. The molecule has 0 aromatic carbocycles. The van der Waals surface area contributed by atoms with E-state index in [9.17, 15) is 0 Å². The molecule has 13 heavy (non-hydrogen) atoms. The average Bonchev–Trinajstić information content (AvgIpc) is 2.51. The number of hydrogen-bond acceptors (Lipinski definition) is 1. The van der Waals surface area contributed by atoms with Crippen LogP contribution in [-0.2, 0) is 4.74 Å². The highest BCUT2D eigenvalue weighted by atomic mass is 16.5. The van der Waals surface area contributed by atoms with E-state index in [1.165, 1.54) is 18.4 Å². The highest BCUT2D eigenvalue weighted by molar-refractivity contribution is 5.11. The molecule has 1 nitrogen and oxygen atoms in total. The van der Waals surface area contributed by atoms with Crippen LogP contribution in [0.4, 0.5) is 0 Å². The molecular formula is C12H20O. The summed E-state index contributed by atoms with van der Waals surface area (Å²) in [4.78, 5) is 0. The minimum atomic E-state index is 0.629. The van der Waals surface area contributed by atoms with Crippen molar-refractivity contribution in [3.8, 4) is 0 Å². The fraction of sp³-hybridized carbons (Fsp3) is 0.833. The van der Waals surface area contributed by atoms with Gasteiger partial charge in [0.2, 0.25) is 0 Å². The van der Waals surface area contributed by atoms with Gasteiger partial charge in [-0.05, 0) is 43.9 Å². The van der Waals surface area contributed by atoms with E-state index in [0.29, 0.717) is 5.41 Å². The van der Waals surface area contributed by atoms with Gasteiger partial charge in [-0.1, -0.05) is 18.6 Å². The number of hydrogen-bond donors (Lipinski definition) is 0. The van der Waals surface area contributed by atoms with Crippen LogP contribution in [0.2, 0.25) is 0 Å². The van der Waals surface area contributed by atoms with Crippen molar-refractivity contribution in [1.29, 1.82) is 0 Å². The summed E-state index contributed by atoms with van der Waals surface area (Å²) in [5, 5.41) is 0. The van der Waals surface area contributed by atoms with E-state index in [1.54, 1.807) is 0 Å². The van der Waals surface area contributed by atoms with E-state index < -0.39 is 0 Å². The van der Waals surface area contributed by atoms with Gasteiger partial charge < -0.3 is 4.74 Å². The second kappa shape index (κ2) is 3.13. The van der Waals surface area contributed by atoms with Gasteiger partial charge in [0.15, 0.2) is 0 Å². The standard InChI is InChI=1S/C12H20O/c1-9(2)5-4-6-12(3)10-7-13-8-11(10)12/h5,10-11H,4,6-8H2,1-3H3/t10-,11+,12?. The Kier molecular flexibility index (Phi) is 2.23. The largest absolute Gasteiger partial charge is 0.381 e. The molecular weight excluding hydrogens is 160 g/mol. The predicted molar refractivity (Wildman–Crippen MR) is 54.6 cm³/mol. The molecule has 1 heteroatoms. The predicted octanol–water partition coefficient (Wildman–Crippen LogP) is 3.02. The molecule has 2 aliphatic rings. The fourth-order valence-corrected chi connectivity index (χ4v) is 2.74. The second-order valence-corrected chi connectivity index (χ2v) is 5.08. The molecule has 1 saturated heterocycles. The monoisotopic (exact) mass is 180 g/mol. The Morgan fingerprint density at radius 1 is 1.38 bits per heavy atom. The first-order valence-electron chi connectivity index (χ1n) is 5.36. The summed E-state index contributed by atoms with van der Waals surface area (Å²) in [7, 11) is 0. The zero-order valence-corrected chi connectivity index (χ0v) is 8.97. The molecule has 0 spiro atoms. The van der Waals surface area contributed by atoms with E-state index in [2.05, 4.69) is 26.8 Å². The summed E-state index contributed by atoms with van der Waals surface area (Å²) in [6.07, 6.45) is 4.98. The first-order chi connectivity index (χ1) is 6.14. The van der Waals surface area contributed by atoms with Crippen molar-refractivity contribution in [3.05, 3.63) is 11.6 Å². The van der Waals surface area contributed by atoms with E-state index in [4.69, 9.17) is 4.74 Å². The van der Waals surface area contributed by atoms with Crippen LogP contribution in [0.15, 0.2) is 11.6 Å². The molecule has 1 aliphatic heterocycles. The first-order valence-corrected chi connectivity index (χ1v) is 5.36. The van der Waals surface area contributed by atoms with Crippen LogP contribution < -0.4 is 0 Å². The van der Waals surface area contributed by atoms with Gasteiger partial charge in [0.05, 0.1) is 13.2 Å². The van der Waals surface area contributed by atoms with Gasteiger partial charge in [0, 0.05) is 0 Å². The first kappa shape index (κ1) is 9.26. The Hall–Kier alpha value is -0.300. The summed E-state index contributed by atoms with van der Waals surface area (Å²) in [6.45, 7) is 8.84. The van der Waals surface area contributed by atoms with Crippen molar-refractivity contribution in [2.75, 3.05) is 13.2 Å². The van der Waals surface area contributed by atoms with Gasteiger partial charge in [-0.3, -0.25) is 0 Å². The molecule has 1 heterocycles. The molecule has 1 aliphatic carbocycles. The highest BCUT2D eigenvalue weighted by Crippen LogP contribution is 2.64. The van der Waals surface area contributed by atoms with E-state index in [-0.39, 0.29) is 0 Å². The molecule has 3 atom stereocenters. The Morgan fingerprint density at radius 2 is 2.00 bits per heavy atom. The van der Waals surface area contributed by atoms with Crippen LogP contribution in [0.3, 0.4) is 0 Å². The third-order valence-electron chi connectivity index (χ3n) is 3.90. The smallest absolute Gasteiger partial charge is 0.0503 e. The van der Waals surface area contributed by atoms with Crippen molar-refractivity contribution in [1.82, 2.24) is 0 Å². The molecule has 0 aromatic rings. The van der Waals surface area contributed by atoms with Crippen LogP contribution in [-0.4, -0.2) is 13.2 Å². The second-order valence-electron chi connectivity index (χ2n) is 5.08. The average molecular weight is 180 g/mol. The molecule has 74 valence electrons. The van der Waals surface area contributed by atoms with Gasteiger partial charge in [-0.25, -0.2) is 0 Å². The number of ether oxygens (including phenoxy) is 1. The van der Waals surface area contributed by atoms with Crippen molar-refractivity contribution >= 4 is 0 Å². The molecule has 2 fully saturated rings. The molecule has 0 bridgehead atoms. The van der Waals surface area contributed by atoms with Crippen molar-refractivity contribution in [2.45, 2.75) is 33.6 Å². The zero-order valence-electron chi connectivity index (χ0n) is 8.97. The maximum absolute atomic E-state index is 5.41. The van der Waals surface area contributed by atoms with Crippen LogP contribution in [0.25, 0.3) is 0 Å². The number of rotatable bonds is 3. The minimum absolute atomic E-state index is 0.629. The zero-order chi connectivity index (χ0) is 9.47. The lowest BCUT2D eigenvalue weighted by Gasteiger charge is -2.13. The summed E-state index contributed by atoms with van der Waals surface area (Å²) in [6, 6.07) is 0. The minimum Gasteiger partial charge on any atom is -0.381 e. The Bertz CT molecular complexity index is 215. The molecule has 1 unspecified atom stereocenters. The number of fused-ring (bicyclic) bond motifs is 1. The Balaban J connectivity index is 1.80. The molecule has 0 N–H and O–H groups in total. The summed E-state index contributed by atoms with van der Waals surface area (Å²) >= 11 is 0. The van der Waals surface area contributed by atoms with Crippen LogP contribution in [0.1, 0.15) is 33.6 Å². The quantitative estimate of drug-likeness (QED) is 0.607. The molecule has 1 saturated carbocycles. The number of allylic oxidation sites excluding steroid dienone is 2. The molecule has 2 rings (SSSR count).